The lowest BCUT2D eigenvalue weighted by Gasteiger charge is -2.04. The van der Waals surface area contributed by atoms with E-state index in [0.29, 0.717) is 17.5 Å². The zero-order valence-electron chi connectivity index (χ0n) is 11.7. The molecule has 0 radical (unpaired) electrons. The zero-order valence-corrected chi connectivity index (χ0v) is 11.7. The summed E-state index contributed by atoms with van der Waals surface area (Å²) in [6, 6.07) is 13.8. The molecule has 0 aliphatic rings. The molecular formula is C16H17NO4. The summed E-state index contributed by atoms with van der Waals surface area (Å²) in [4.78, 5) is 20.2. The van der Waals surface area contributed by atoms with Crippen LogP contribution < -0.4 is 0 Å². The topological polar surface area (TPSA) is 80.4 Å². The molecule has 0 spiro atoms. The molecule has 5 nitrogen and oxygen atoms in total. The van der Waals surface area contributed by atoms with Gasteiger partial charge in [0.15, 0.2) is 0 Å². The average molecular weight is 287 g/mol. The summed E-state index contributed by atoms with van der Waals surface area (Å²) in [5.74, 6) is 0. The van der Waals surface area contributed by atoms with Crippen LogP contribution in [0.3, 0.4) is 0 Å². The maximum atomic E-state index is 10.6. The molecule has 2 rings (SSSR count). The van der Waals surface area contributed by atoms with Crippen LogP contribution in [0.25, 0.3) is 0 Å². The van der Waals surface area contributed by atoms with Crippen LogP contribution in [0, 0.1) is 10.1 Å². The van der Waals surface area contributed by atoms with Crippen LogP contribution in [0.4, 0.5) is 5.69 Å². The average Bonchev–Trinajstić information content (AvgIpc) is 2.55. The molecule has 0 aromatic heterocycles. The normalized spacial score (nSPS) is 9.43. The molecule has 5 heteroatoms. The van der Waals surface area contributed by atoms with Crippen LogP contribution >= 0.6 is 0 Å². The van der Waals surface area contributed by atoms with E-state index in [1.165, 1.54) is 6.07 Å². The monoisotopic (exact) mass is 287 g/mol. The fraction of sp³-hybridized carbons (Fsp3) is 0.188. The summed E-state index contributed by atoms with van der Waals surface area (Å²) < 4.78 is 0. The summed E-state index contributed by atoms with van der Waals surface area (Å²) in [7, 11) is 0. The summed E-state index contributed by atoms with van der Waals surface area (Å²) >= 11 is 0. The molecule has 110 valence electrons. The lowest BCUT2D eigenvalue weighted by molar-refractivity contribution is -0.385. The maximum Gasteiger partial charge on any atom is 0.272 e. The van der Waals surface area contributed by atoms with Gasteiger partial charge in [0.1, 0.15) is 6.29 Å². The molecule has 2 aromatic carbocycles. The van der Waals surface area contributed by atoms with Crippen molar-refractivity contribution in [2.45, 2.75) is 20.0 Å². The van der Waals surface area contributed by atoms with Gasteiger partial charge < -0.3 is 5.11 Å². The number of hydrogen-bond donors (Lipinski definition) is 1. The van der Waals surface area contributed by atoms with Crippen LogP contribution in [-0.2, 0) is 13.0 Å². The van der Waals surface area contributed by atoms with E-state index in [1.54, 1.807) is 24.3 Å². The van der Waals surface area contributed by atoms with Gasteiger partial charge in [-0.2, -0.15) is 0 Å². The number of aldehydes is 1. The van der Waals surface area contributed by atoms with Gasteiger partial charge in [0.25, 0.3) is 5.69 Å². The largest absolute Gasteiger partial charge is 0.392 e. The van der Waals surface area contributed by atoms with Crippen molar-refractivity contribution in [1.82, 2.24) is 0 Å². The van der Waals surface area contributed by atoms with Crippen LogP contribution in [0.1, 0.15) is 28.4 Å². The van der Waals surface area contributed by atoms with Crippen molar-refractivity contribution in [2.75, 3.05) is 0 Å². The third kappa shape index (κ3) is 4.81. The predicted molar refractivity (Wildman–Crippen MR) is 80.2 cm³/mol. The Morgan fingerprint density at radius 1 is 1.14 bits per heavy atom. The highest BCUT2D eigenvalue weighted by Gasteiger charge is 2.14. The molecule has 0 atom stereocenters. The van der Waals surface area contributed by atoms with Gasteiger partial charge in [0, 0.05) is 17.2 Å². The van der Waals surface area contributed by atoms with Gasteiger partial charge in [-0.25, -0.2) is 0 Å². The van der Waals surface area contributed by atoms with Crippen LogP contribution in [0.15, 0.2) is 48.5 Å². The second kappa shape index (κ2) is 8.60. The standard InChI is InChI=1S/C9H11NO3.C7H6O/c1-2-8-7(6-11)4-3-5-9(8)10(12)13;8-6-7-4-2-1-3-5-7/h3-5,11H,2,6H2,1H3;1-6H. The molecule has 21 heavy (non-hydrogen) atoms. The van der Waals surface area contributed by atoms with E-state index >= 15 is 0 Å². The fourth-order valence-electron chi connectivity index (χ4n) is 1.88. The van der Waals surface area contributed by atoms with E-state index in [-0.39, 0.29) is 12.3 Å². The molecule has 0 bridgehead atoms. The number of carbonyl (C=O) groups is 1. The van der Waals surface area contributed by atoms with Gasteiger partial charge in [-0.1, -0.05) is 49.4 Å². The number of hydrogen-bond acceptors (Lipinski definition) is 4. The maximum absolute atomic E-state index is 10.6. The summed E-state index contributed by atoms with van der Waals surface area (Å²) in [5.41, 5.74) is 2.08. The summed E-state index contributed by atoms with van der Waals surface area (Å²) in [6.07, 6.45) is 1.40. The first-order valence-electron chi connectivity index (χ1n) is 6.50. The molecule has 0 unspecified atom stereocenters. The van der Waals surface area contributed by atoms with E-state index in [0.717, 1.165) is 11.8 Å². The highest BCUT2D eigenvalue weighted by molar-refractivity contribution is 5.74. The number of aliphatic hydroxyl groups is 1. The highest BCUT2D eigenvalue weighted by Crippen LogP contribution is 2.22. The third-order valence-electron chi connectivity index (χ3n) is 2.90. The van der Waals surface area contributed by atoms with E-state index in [9.17, 15) is 14.9 Å². The Labute approximate surface area is 123 Å². The number of nitrogens with zero attached hydrogens (tertiary/aromatic N) is 1. The minimum Gasteiger partial charge on any atom is -0.392 e. The zero-order chi connectivity index (χ0) is 15.7. The molecule has 0 heterocycles. The van der Waals surface area contributed by atoms with Crippen molar-refractivity contribution in [1.29, 1.82) is 0 Å². The fourth-order valence-corrected chi connectivity index (χ4v) is 1.88. The van der Waals surface area contributed by atoms with Crippen molar-refractivity contribution < 1.29 is 14.8 Å². The second-order valence-electron chi connectivity index (χ2n) is 4.21. The Morgan fingerprint density at radius 2 is 1.81 bits per heavy atom. The number of nitro groups is 1. The number of benzene rings is 2. The Morgan fingerprint density at radius 3 is 2.24 bits per heavy atom. The van der Waals surface area contributed by atoms with E-state index < -0.39 is 4.92 Å². The van der Waals surface area contributed by atoms with Crippen LogP contribution in [0.5, 0.6) is 0 Å². The van der Waals surface area contributed by atoms with Crippen molar-refractivity contribution in [3.05, 3.63) is 75.3 Å². The van der Waals surface area contributed by atoms with Crippen molar-refractivity contribution in [3.8, 4) is 0 Å². The van der Waals surface area contributed by atoms with E-state index in [1.807, 2.05) is 25.1 Å². The molecule has 0 saturated carbocycles. The molecule has 0 fully saturated rings. The minimum atomic E-state index is -0.419. The van der Waals surface area contributed by atoms with E-state index in [4.69, 9.17) is 5.11 Å². The predicted octanol–water partition coefficient (Wildman–Crippen LogP) is 3.15. The number of aliphatic hydroxyl groups excluding tert-OH is 1. The van der Waals surface area contributed by atoms with Crippen molar-refractivity contribution in [2.24, 2.45) is 0 Å². The number of rotatable bonds is 4. The highest BCUT2D eigenvalue weighted by atomic mass is 16.6. The Kier molecular flexibility index (Phi) is 6.77. The number of carbonyl (C=O) groups excluding carboxylic acids is 1. The smallest absolute Gasteiger partial charge is 0.272 e. The first kappa shape index (κ1) is 16.5. The molecule has 0 amide bonds. The van der Waals surface area contributed by atoms with Gasteiger partial charge in [-0.3, -0.25) is 14.9 Å². The molecular weight excluding hydrogens is 270 g/mol. The van der Waals surface area contributed by atoms with Gasteiger partial charge in [-0.15, -0.1) is 0 Å². The van der Waals surface area contributed by atoms with Crippen LogP contribution in [-0.4, -0.2) is 16.3 Å². The Hall–Kier alpha value is -2.53. The first-order chi connectivity index (χ1) is 10.1. The van der Waals surface area contributed by atoms with Gasteiger partial charge in [0.05, 0.1) is 11.5 Å². The Bertz CT molecular complexity index is 596. The van der Waals surface area contributed by atoms with Gasteiger partial charge in [-0.05, 0) is 12.0 Å². The van der Waals surface area contributed by atoms with Crippen molar-refractivity contribution >= 4 is 12.0 Å². The van der Waals surface area contributed by atoms with E-state index in [2.05, 4.69) is 0 Å². The molecule has 0 aliphatic heterocycles. The van der Waals surface area contributed by atoms with Crippen LogP contribution in [0.2, 0.25) is 0 Å². The SMILES string of the molecule is CCc1c(CO)cccc1[N+](=O)[O-].O=Cc1ccccc1. The summed E-state index contributed by atoms with van der Waals surface area (Å²) in [5, 5.41) is 19.5. The summed E-state index contributed by atoms with van der Waals surface area (Å²) in [6.45, 7) is 1.69. The van der Waals surface area contributed by atoms with Gasteiger partial charge in [0.2, 0.25) is 0 Å². The number of nitro benzene ring substituents is 1. The van der Waals surface area contributed by atoms with Crippen molar-refractivity contribution in [3.63, 3.8) is 0 Å². The molecule has 1 N–H and O–H groups in total. The molecule has 2 aromatic rings. The molecule has 0 saturated heterocycles. The quantitative estimate of drug-likeness (QED) is 0.532. The van der Waals surface area contributed by atoms with Gasteiger partial charge >= 0.3 is 0 Å². The Balaban J connectivity index is 0.000000235. The third-order valence-corrected chi connectivity index (χ3v) is 2.90. The minimum absolute atomic E-state index is 0.0917. The lowest BCUT2D eigenvalue weighted by atomic mass is 10.0. The lowest BCUT2D eigenvalue weighted by Crippen LogP contribution is -1.99. The first-order valence-corrected chi connectivity index (χ1v) is 6.50. The second-order valence-corrected chi connectivity index (χ2v) is 4.21. The molecule has 0 aliphatic carbocycles.